The normalized spacial score (nSPS) is 16.8. The first-order valence-electron chi connectivity index (χ1n) is 8.45. The average molecular weight is 436 g/mol. The number of nitrogens with one attached hydrogen (secondary N) is 1. The maximum Gasteiger partial charge on any atom is 0.263 e. The molecule has 1 aromatic carbocycles. The first-order valence-corrected chi connectivity index (χ1v) is 10.7. The second-order valence-corrected chi connectivity index (χ2v) is 8.74. The van der Waals surface area contributed by atoms with Crippen LogP contribution in [0.4, 0.5) is 0 Å². The van der Waals surface area contributed by atoms with Gasteiger partial charge in [-0.15, -0.1) is 0 Å². The molecule has 1 heterocycles. The molecule has 27 heavy (non-hydrogen) atoms. The minimum absolute atomic E-state index is 0.194. The van der Waals surface area contributed by atoms with Gasteiger partial charge in [0, 0.05) is 36.1 Å². The zero-order valence-corrected chi connectivity index (χ0v) is 17.3. The summed E-state index contributed by atoms with van der Waals surface area (Å²) in [4.78, 5) is 14.3. The van der Waals surface area contributed by atoms with Gasteiger partial charge in [-0.05, 0) is 37.5 Å². The molecule has 1 atom stereocenters. The Balaban J connectivity index is 1.96. The molecule has 7 nitrogen and oxygen atoms in total. The van der Waals surface area contributed by atoms with Crippen LogP contribution < -0.4 is 15.2 Å². The number of ether oxygens (including phenoxy) is 1. The van der Waals surface area contributed by atoms with E-state index in [2.05, 4.69) is 11.3 Å². The first-order chi connectivity index (χ1) is 12.7. The highest BCUT2D eigenvalue weighted by Crippen LogP contribution is 2.32. The summed E-state index contributed by atoms with van der Waals surface area (Å²) >= 11 is 12.2. The smallest absolute Gasteiger partial charge is 0.263 e. The van der Waals surface area contributed by atoms with Crippen LogP contribution >= 0.6 is 23.2 Å². The van der Waals surface area contributed by atoms with Crippen molar-refractivity contribution in [2.75, 3.05) is 13.1 Å². The van der Waals surface area contributed by atoms with Crippen molar-refractivity contribution in [3.63, 3.8) is 0 Å². The van der Waals surface area contributed by atoms with Crippen molar-refractivity contribution < 1.29 is 17.9 Å². The molecule has 0 bridgehead atoms. The molecular formula is C17H23Cl2N3O4S. The molecule has 0 aliphatic carbocycles. The minimum Gasteiger partial charge on any atom is -0.479 e. The van der Waals surface area contributed by atoms with Gasteiger partial charge in [0.05, 0.1) is 5.02 Å². The van der Waals surface area contributed by atoms with Crippen molar-refractivity contribution in [1.29, 1.82) is 0 Å². The van der Waals surface area contributed by atoms with Gasteiger partial charge < -0.3 is 15.4 Å². The molecular weight excluding hydrogens is 413 g/mol. The van der Waals surface area contributed by atoms with Gasteiger partial charge >= 0.3 is 0 Å². The number of carbonyl (C=O) groups excluding carboxylic acids is 1. The van der Waals surface area contributed by atoms with Crippen molar-refractivity contribution in [2.45, 2.75) is 38.5 Å². The molecule has 1 amide bonds. The summed E-state index contributed by atoms with van der Waals surface area (Å²) in [6.07, 6.45) is 0.283. The molecule has 2 rings (SSSR count). The second kappa shape index (κ2) is 9.25. The number of halogens is 2. The number of carbonyl (C=O) groups is 1. The summed E-state index contributed by atoms with van der Waals surface area (Å²) in [5.41, 5.74) is 6.30. The van der Waals surface area contributed by atoms with E-state index in [1.165, 1.54) is 6.07 Å². The van der Waals surface area contributed by atoms with Crippen molar-refractivity contribution in [3.05, 3.63) is 39.7 Å². The monoisotopic (exact) mass is 435 g/mol. The first kappa shape index (κ1) is 22.0. The van der Waals surface area contributed by atoms with Crippen LogP contribution in [-0.4, -0.2) is 44.5 Å². The molecule has 1 aliphatic rings. The molecule has 0 aromatic heterocycles. The lowest BCUT2D eigenvalue weighted by molar-refractivity contribution is -0.139. The predicted octanol–water partition coefficient (Wildman–Crippen LogP) is 2.27. The van der Waals surface area contributed by atoms with Crippen LogP contribution in [0.2, 0.25) is 10.0 Å². The quantitative estimate of drug-likeness (QED) is 0.683. The van der Waals surface area contributed by atoms with Gasteiger partial charge in [0.1, 0.15) is 5.75 Å². The van der Waals surface area contributed by atoms with Crippen LogP contribution in [0.25, 0.3) is 0 Å². The summed E-state index contributed by atoms with van der Waals surface area (Å²) in [7, 11) is -3.48. The fraction of sp³-hybridized carbons (Fsp3) is 0.471. The Kier molecular flexibility index (Phi) is 7.53. The summed E-state index contributed by atoms with van der Waals surface area (Å²) in [6.45, 7) is 6.00. The lowest BCUT2D eigenvalue weighted by atomic mass is 10.1. The summed E-state index contributed by atoms with van der Waals surface area (Å²) in [5.74, 6) is 0.149. The molecule has 10 heteroatoms. The lowest BCUT2D eigenvalue weighted by Gasteiger charge is -2.33. The highest BCUT2D eigenvalue weighted by atomic mass is 35.5. The molecule has 3 N–H and O–H groups in total. The Labute approximate surface area is 169 Å². The van der Waals surface area contributed by atoms with Crippen molar-refractivity contribution in [3.8, 4) is 5.75 Å². The van der Waals surface area contributed by atoms with E-state index < -0.39 is 16.1 Å². The van der Waals surface area contributed by atoms with Crippen LogP contribution in [0.3, 0.4) is 0 Å². The molecule has 150 valence electrons. The van der Waals surface area contributed by atoms with Crippen molar-refractivity contribution in [2.24, 2.45) is 5.73 Å². The largest absolute Gasteiger partial charge is 0.479 e. The Hall–Kier alpha value is -1.32. The number of amides is 1. The molecule has 0 spiro atoms. The van der Waals surface area contributed by atoms with E-state index in [0.717, 1.165) is 5.41 Å². The molecule has 1 aliphatic heterocycles. The van der Waals surface area contributed by atoms with Gasteiger partial charge in [-0.1, -0.05) is 29.8 Å². The summed E-state index contributed by atoms with van der Waals surface area (Å²) < 4.78 is 31.3. The lowest BCUT2D eigenvalue weighted by Crippen LogP contribution is -2.49. The maximum absolute atomic E-state index is 12.6. The molecule has 1 unspecified atom stereocenters. The zero-order valence-electron chi connectivity index (χ0n) is 15.0. The predicted molar refractivity (Wildman–Crippen MR) is 106 cm³/mol. The molecule has 1 fully saturated rings. The van der Waals surface area contributed by atoms with Crippen LogP contribution in [-0.2, 0) is 21.4 Å². The highest BCUT2D eigenvalue weighted by molar-refractivity contribution is 7.92. The number of sulfonamides is 1. The second-order valence-electron chi connectivity index (χ2n) is 6.27. The van der Waals surface area contributed by atoms with E-state index >= 15 is 0 Å². The van der Waals surface area contributed by atoms with Crippen molar-refractivity contribution in [1.82, 2.24) is 9.62 Å². The molecule has 0 radical (unpaired) electrons. The Morgan fingerprint density at radius 2 is 2.04 bits per heavy atom. The van der Waals surface area contributed by atoms with Gasteiger partial charge in [0.25, 0.3) is 5.91 Å². The third-order valence-electron chi connectivity index (χ3n) is 4.33. The zero-order chi connectivity index (χ0) is 20.2. The highest BCUT2D eigenvalue weighted by Gasteiger charge is 2.28. The standard InChI is InChI=1S/C17H23Cl2N3O4S/c1-3-27(24,25)21-13-4-6-22(7-5-13)17(23)11(2)26-16-8-12(10-20)14(18)9-15(16)19/h3,8-9,11,13,21H,1,4-7,10,20H2,2H3. The van der Waals surface area contributed by atoms with Gasteiger partial charge in [-0.3, -0.25) is 4.79 Å². The van der Waals surface area contributed by atoms with E-state index in [-0.39, 0.29) is 18.5 Å². The van der Waals surface area contributed by atoms with Gasteiger partial charge in [-0.2, -0.15) is 0 Å². The Morgan fingerprint density at radius 3 is 2.59 bits per heavy atom. The number of hydrogen-bond donors (Lipinski definition) is 2. The summed E-state index contributed by atoms with van der Waals surface area (Å²) in [5, 5.41) is 1.62. The van der Waals surface area contributed by atoms with E-state index in [0.29, 0.717) is 47.3 Å². The number of hydrogen-bond acceptors (Lipinski definition) is 5. The number of piperidine rings is 1. The molecule has 1 aromatic rings. The molecule has 1 saturated heterocycles. The van der Waals surface area contributed by atoms with E-state index in [9.17, 15) is 13.2 Å². The third-order valence-corrected chi connectivity index (χ3v) is 6.08. The number of likely N-dealkylation sites (tertiary alicyclic amines) is 1. The summed E-state index contributed by atoms with van der Waals surface area (Å²) in [6, 6.07) is 2.95. The van der Waals surface area contributed by atoms with Crippen LogP contribution in [0.15, 0.2) is 24.1 Å². The van der Waals surface area contributed by atoms with Crippen LogP contribution in [0.1, 0.15) is 25.3 Å². The van der Waals surface area contributed by atoms with E-state index in [1.54, 1.807) is 17.9 Å². The van der Waals surface area contributed by atoms with E-state index in [1.807, 2.05) is 0 Å². The van der Waals surface area contributed by atoms with E-state index in [4.69, 9.17) is 33.7 Å². The minimum atomic E-state index is -3.48. The van der Waals surface area contributed by atoms with Gasteiger partial charge in [0.2, 0.25) is 10.0 Å². The number of rotatable bonds is 7. The topological polar surface area (TPSA) is 102 Å². The van der Waals surface area contributed by atoms with Crippen LogP contribution in [0, 0.1) is 0 Å². The van der Waals surface area contributed by atoms with Crippen molar-refractivity contribution >= 4 is 39.1 Å². The Morgan fingerprint density at radius 1 is 1.41 bits per heavy atom. The number of benzene rings is 1. The number of nitrogens with two attached hydrogens (primary N) is 1. The average Bonchev–Trinajstić information content (AvgIpc) is 2.63. The van der Waals surface area contributed by atoms with Gasteiger partial charge in [0.15, 0.2) is 6.10 Å². The third kappa shape index (κ3) is 5.83. The fourth-order valence-corrected chi connectivity index (χ4v) is 4.12. The number of nitrogens with zero attached hydrogens (tertiary/aromatic N) is 1. The maximum atomic E-state index is 12.6. The van der Waals surface area contributed by atoms with Crippen LogP contribution in [0.5, 0.6) is 5.75 Å². The fourth-order valence-electron chi connectivity index (χ4n) is 2.81. The van der Waals surface area contributed by atoms with Gasteiger partial charge in [-0.25, -0.2) is 13.1 Å². The Bertz CT molecular complexity index is 809. The molecule has 0 saturated carbocycles. The SMILES string of the molecule is C=CS(=O)(=O)NC1CCN(C(=O)C(C)Oc2cc(CN)c(Cl)cc2Cl)CC1.